The molecule has 0 radical (unpaired) electrons. The number of rotatable bonds is 6. The van der Waals surface area contributed by atoms with E-state index in [0.717, 1.165) is 38.3 Å². The molecule has 3 atom stereocenters. The van der Waals surface area contributed by atoms with E-state index in [4.69, 9.17) is 4.74 Å². The van der Waals surface area contributed by atoms with Crippen LogP contribution in [0.15, 0.2) is 0 Å². The van der Waals surface area contributed by atoms with Crippen molar-refractivity contribution in [2.24, 2.45) is 5.92 Å². The van der Waals surface area contributed by atoms with Gasteiger partial charge in [-0.2, -0.15) is 0 Å². The molecule has 0 aromatic rings. The average molecular weight is 268 g/mol. The van der Waals surface area contributed by atoms with Crippen molar-refractivity contribution < 1.29 is 4.74 Å². The van der Waals surface area contributed by atoms with Crippen LogP contribution in [-0.4, -0.2) is 49.8 Å². The third-order valence-electron chi connectivity index (χ3n) is 4.79. The molecule has 0 aromatic carbocycles. The third-order valence-corrected chi connectivity index (χ3v) is 4.79. The molecule has 3 heteroatoms. The van der Waals surface area contributed by atoms with E-state index in [1.54, 1.807) is 0 Å². The molecule has 1 saturated heterocycles. The van der Waals surface area contributed by atoms with E-state index in [-0.39, 0.29) is 0 Å². The van der Waals surface area contributed by atoms with Gasteiger partial charge in [-0.3, -0.25) is 4.90 Å². The summed E-state index contributed by atoms with van der Waals surface area (Å²) >= 11 is 0. The molecule has 3 nitrogen and oxygen atoms in total. The molecule has 1 heterocycles. The maximum atomic E-state index is 5.52. The SMILES string of the molecule is CCCNC1CCC(CCC)CC1N1CCOCC1. The Morgan fingerprint density at radius 3 is 2.58 bits per heavy atom. The average Bonchev–Trinajstić information content (AvgIpc) is 2.47. The first-order valence-corrected chi connectivity index (χ1v) is 8.40. The second kappa shape index (κ2) is 8.23. The predicted octanol–water partition coefficient (Wildman–Crippen LogP) is 2.66. The molecule has 2 rings (SSSR count). The van der Waals surface area contributed by atoms with Gasteiger partial charge < -0.3 is 10.1 Å². The molecule has 1 saturated carbocycles. The van der Waals surface area contributed by atoms with Gasteiger partial charge in [0.2, 0.25) is 0 Å². The van der Waals surface area contributed by atoms with Gasteiger partial charge in [0.25, 0.3) is 0 Å². The number of ether oxygens (including phenoxy) is 1. The molecule has 0 bridgehead atoms. The fraction of sp³-hybridized carbons (Fsp3) is 1.00. The molecule has 1 aliphatic heterocycles. The lowest BCUT2D eigenvalue weighted by molar-refractivity contribution is -0.00754. The minimum absolute atomic E-state index is 0.714. The minimum Gasteiger partial charge on any atom is -0.379 e. The van der Waals surface area contributed by atoms with Gasteiger partial charge in [0.15, 0.2) is 0 Å². The summed E-state index contributed by atoms with van der Waals surface area (Å²) in [7, 11) is 0. The summed E-state index contributed by atoms with van der Waals surface area (Å²) in [5.41, 5.74) is 0. The summed E-state index contributed by atoms with van der Waals surface area (Å²) in [5, 5.41) is 3.80. The molecule has 19 heavy (non-hydrogen) atoms. The van der Waals surface area contributed by atoms with Crippen LogP contribution in [-0.2, 0) is 4.74 Å². The Morgan fingerprint density at radius 2 is 1.89 bits per heavy atom. The van der Waals surface area contributed by atoms with Crippen LogP contribution in [0.25, 0.3) is 0 Å². The quantitative estimate of drug-likeness (QED) is 0.801. The molecular formula is C16H32N2O. The first kappa shape index (κ1) is 15.3. The Labute approximate surface area is 119 Å². The molecule has 2 aliphatic rings. The highest BCUT2D eigenvalue weighted by atomic mass is 16.5. The van der Waals surface area contributed by atoms with Crippen molar-refractivity contribution in [1.82, 2.24) is 10.2 Å². The molecule has 112 valence electrons. The van der Waals surface area contributed by atoms with E-state index in [0.29, 0.717) is 6.04 Å². The van der Waals surface area contributed by atoms with E-state index in [9.17, 15) is 0 Å². The summed E-state index contributed by atoms with van der Waals surface area (Å²) in [6.07, 6.45) is 8.19. The smallest absolute Gasteiger partial charge is 0.0594 e. The third kappa shape index (κ3) is 4.44. The molecule has 0 spiro atoms. The predicted molar refractivity (Wildman–Crippen MR) is 80.5 cm³/mol. The van der Waals surface area contributed by atoms with Crippen LogP contribution < -0.4 is 5.32 Å². The molecule has 1 N–H and O–H groups in total. The highest BCUT2D eigenvalue weighted by molar-refractivity contribution is 4.91. The van der Waals surface area contributed by atoms with Crippen LogP contribution in [0.2, 0.25) is 0 Å². The molecule has 2 fully saturated rings. The molecule has 0 amide bonds. The molecule has 1 aliphatic carbocycles. The van der Waals surface area contributed by atoms with E-state index in [2.05, 4.69) is 24.1 Å². The summed E-state index contributed by atoms with van der Waals surface area (Å²) in [5.74, 6) is 0.956. The van der Waals surface area contributed by atoms with E-state index in [1.165, 1.54) is 45.1 Å². The van der Waals surface area contributed by atoms with E-state index >= 15 is 0 Å². The largest absolute Gasteiger partial charge is 0.379 e. The first-order valence-electron chi connectivity index (χ1n) is 8.40. The lowest BCUT2D eigenvalue weighted by atomic mass is 9.79. The van der Waals surface area contributed by atoms with Crippen molar-refractivity contribution in [1.29, 1.82) is 0 Å². The summed E-state index contributed by atoms with van der Waals surface area (Å²) in [6, 6.07) is 1.46. The van der Waals surface area contributed by atoms with Crippen molar-refractivity contribution in [3.05, 3.63) is 0 Å². The van der Waals surface area contributed by atoms with Gasteiger partial charge in [0.05, 0.1) is 13.2 Å². The highest BCUT2D eigenvalue weighted by Gasteiger charge is 2.34. The number of hydrogen-bond donors (Lipinski definition) is 1. The van der Waals surface area contributed by atoms with E-state index in [1.807, 2.05) is 0 Å². The van der Waals surface area contributed by atoms with Gasteiger partial charge in [0.1, 0.15) is 0 Å². The Balaban J connectivity index is 1.93. The Hall–Kier alpha value is -0.120. The van der Waals surface area contributed by atoms with Crippen LogP contribution in [0.5, 0.6) is 0 Å². The number of hydrogen-bond acceptors (Lipinski definition) is 3. The standard InChI is InChI=1S/C16H32N2O/c1-3-5-14-6-7-15(17-8-4-2)16(13-14)18-9-11-19-12-10-18/h14-17H,3-13H2,1-2H3. The molecular weight excluding hydrogens is 236 g/mol. The van der Waals surface area contributed by atoms with Crippen LogP contribution in [0.4, 0.5) is 0 Å². The van der Waals surface area contributed by atoms with Gasteiger partial charge in [0, 0.05) is 25.2 Å². The second-order valence-electron chi connectivity index (χ2n) is 6.24. The summed E-state index contributed by atoms with van der Waals surface area (Å²) < 4.78 is 5.52. The second-order valence-corrected chi connectivity index (χ2v) is 6.24. The number of morpholine rings is 1. The lowest BCUT2D eigenvalue weighted by Gasteiger charge is -2.44. The van der Waals surface area contributed by atoms with Crippen molar-refractivity contribution in [2.45, 2.75) is 64.5 Å². The van der Waals surface area contributed by atoms with Crippen LogP contribution in [0.1, 0.15) is 52.4 Å². The fourth-order valence-corrected chi connectivity index (χ4v) is 3.78. The fourth-order valence-electron chi connectivity index (χ4n) is 3.78. The maximum Gasteiger partial charge on any atom is 0.0594 e. The zero-order chi connectivity index (χ0) is 13.5. The van der Waals surface area contributed by atoms with Gasteiger partial charge >= 0.3 is 0 Å². The molecule has 3 unspecified atom stereocenters. The Kier molecular flexibility index (Phi) is 6.62. The zero-order valence-electron chi connectivity index (χ0n) is 12.9. The number of nitrogens with zero attached hydrogens (tertiary/aromatic N) is 1. The Bertz CT molecular complexity index is 241. The van der Waals surface area contributed by atoms with Crippen LogP contribution in [0.3, 0.4) is 0 Å². The molecule has 0 aromatic heterocycles. The monoisotopic (exact) mass is 268 g/mol. The first-order chi connectivity index (χ1) is 9.35. The highest BCUT2D eigenvalue weighted by Crippen LogP contribution is 2.31. The normalized spacial score (nSPS) is 33.5. The van der Waals surface area contributed by atoms with Crippen LogP contribution in [0, 0.1) is 5.92 Å². The van der Waals surface area contributed by atoms with E-state index < -0.39 is 0 Å². The lowest BCUT2D eigenvalue weighted by Crippen LogP contribution is -2.56. The number of nitrogens with one attached hydrogen (secondary N) is 1. The van der Waals surface area contributed by atoms with Crippen molar-refractivity contribution in [2.75, 3.05) is 32.8 Å². The summed E-state index contributed by atoms with van der Waals surface area (Å²) in [4.78, 5) is 2.69. The van der Waals surface area contributed by atoms with Crippen LogP contribution >= 0.6 is 0 Å². The van der Waals surface area contributed by atoms with Crippen molar-refractivity contribution in [3.8, 4) is 0 Å². The topological polar surface area (TPSA) is 24.5 Å². The van der Waals surface area contributed by atoms with Gasteiger partial charge in [-0.15, -0.1) is 0 Å². The van der Waals surface area contributed by atoms with Crippen molar-refractivity contribution >= 4 is 0 Å². The summed E-state index contributed by atoms with van der Waals surface area (Å²) in [6.45, 7) is 9.88. The minimum atomic E-state index is 0.714. The van der Waals surface area contributed by atoms with Gasteiger partial charge in [-0.1, -0.05) is 26.7 Å². The Morgan fingerprint density at radius 1 is 1.11 bits per heavy atom. The maximum absolute atomic E-state index is 5.52. The van der Waals surface area contributed by atoms with Gasteiger partial charge in [-0.05, 0) is 38.1 Å². The van der Waals surface area contributed by atoms with Crippen molar-refractivity contribution in [3.63, 3.8) is 0 Å². The zero-order valence-corrected chi connectivity index (χ0v) is 12.9. The van der Waals surface area contributed by atoms with Gasteiger partial charge in [-0.25, -0.2) is 0 Å².